The van der Waals surface area contributed by atoms with Crippen LogP contribution in [0.4, 0.5) is 0 Å². The molecule has 0 fully saturated rings. The maximum Gasteiger partial charge on any atom is 0.547 e. The smallest absolute Gasteiger partial charge is 0.292 e. The van der Waals surface area contributed by atoms with Crippen LogP contribution in [-0.2, 0) is 9.19 Å². The van der Waals surface area contributed by atoms with Crippen molar-refractivity contribution in [2.24, 2.45) is 5.34 Å². The van der Waals surface area contributed by atoms with Gasteiger partial charge in [0, 0.05) is 0 Å². The summed E-state index contributed by atoms with van der Waals surface area (Å²) in [5.74, 6) is 0. The first-order chi connectivity index (χ1) is 3.06. The molecule has 0 saturated carbocycles. The molecular formula is H2NO5P. The molecule has 0 saturated heterocycles. The van der Waals surface area contributed by atoms with E-state index in [1.807, 2.05) is 0 Å². The highest BCUT2D eigenvalue weighted by Gasteiger charge is 2.14. The molecule has 0 spiro atoms. The second kappa shape index (κ2) is 2.02. The maximum atomic E-state index is 9.41. The van der Waals surface area contributed by atoms with Crippen molar-refractivity contribution in [2.45, 2.75) is 0 Å². The molecule has 0 aromatic carbocycles. The van der Waals surface area contributed by atoms with Gasteiger partial charge in [-0.3, -0.25) is 14.4 Å². The highest BCUT2D eigenvalue weighted by atomic mass is 31.2. The Balaban J connectivity index is 3.57. The predicted octanol–water partition coefficient (Wildman–Crippen LogP) is -0.223. The van der Waals surface area contributed by atoms with E-state index in [0.717, 1.165) is 0 Å². The average Bonchev–Trinajstić information content (AvgIpc) is 1.30. The first kappa shape index (κ1) is 6.55. The summed E-state index contributed by atoms with van der Waals surface area (Å²) < 4.78 is 12.4. The summed E-state index contributed by atoms with van der Waals surface area (Å²) in [5, 5.41) is 1.49. The lowest BCUT2D eigenvalue weighted by Gasteiger charge is -1.90. The molecule has 0 rings (SSSR count). The van der Waals surface area contributed by atoms with Crippen molar-refractivity contribution in [1.29, 1.82) is 0 Å². The van der Waals surface area contributed by atoms with Crippen LogP contribution < -0.4 is 0 Å². The van der Waals surface area contributed by atoms with Crippen LogP contribution in [0.15, 0.2) is 5.34 Å². The van der Waals surface area contributed by atoms with Crippen LogP contribution in [0.2, 0.25) is 0 Å². The van der Waals surface area contributed by atoms with Crippen molar-refractivity contribution in [2.75, 3.05) is 0 Å². The Labute approximate surface area is 38.3 Å². The van der Waals surface area contributed by atoms with Crippen LogP contribution in [0.5, 0.6) is 0 Å². The van der Waals surface area contributed by atoms with Gasteiger partial charge in [-0.15, -0.1) is 4.91 Å². The van der Waals surface area contributed by atoms with E-state index >= 15 is 0 Å². The highest BCUT2D eigenvalue weighted by Crippen LogP contribution is 2.35. The fourth-order valence-corrected chi connectivity index (χ4v) is 0.130. The Morgan fingerprint density at radius 2 is 2.00 bits per heavy atom. The maximum absolute atomic E-state index is 9.41. The molecular weight excluding hydrogens is 125 g/mol. The lowest BCUT2D eigenvalue weighted by atomic mass is 13.4. The van der Waals surface area contributed by atoms with Crippen molar-refractivity contribution in [1.82, 2.24) is 0 Å². The molecule has 0 aromatic heterocycles. The highest BCUT2D eigenvalue weighted by molar-refractivity contribution is 7.46. The van der Waals surface area contributed by atoms with Crippen LogP contribution in [-0.4, -0.2) is 9.79 Å². The molecule has 0 amide bonds. The molecule has 0 aromatic rings. The summed E-state index contributed by atoms with van der Waals surface area (Å²) in [6.45, 7) is 0. The zero-order valence-electron chi connectivity index (χ0n) is 3.01. The second-order valence-electron chi connectivity index (χ2n) is 0.647. The normalized spacial score (nSPS) is 10.6. The minimum Gasteiger partial charge on any atom is -0.292 e. The van der Waals surface area contributed by atoms with Crippen molar-refractivity contribution >= 4 is 7.82 Å². The Bertz CT molecular complexity index is 101. The van der Waals surface area contributed by atoms with Gasteiger partial charge >= 0.3 is 7.82 Å². The van der Waals surface area contributed by atoms with E-state index in [0.29, 0.717) is 0 Å². The molecule has 0 heterocycles. The minimum atomic E-state index is -4.64. The van der Waals surface area contributed by atoms with E-state index in [1.54, 1.807) is 0 Å². The van der Waals surface area contributed by atoms with Crippen LogP contribution >= 0.6 is 7.82 Å². The first-order valence-corrected chi connectivity index (χ1v) is 2.66. The third kappa shape index (κ3) is 5.55. The number of nitrogens with zero attached hydrogens (tertiary/aromatic N) is 1. The van der Waals surface area contributed by atoms with Crippen LogP contribution in [0.3, 0.4) is 0 Å². The van der Waals surface area contributed by atoms with Crippen LogP contribution in [0.25, 0.3) is 0 Å². The topological polar surface area (TPSA) is 96.2 Å². The van der Waals surface area contributed by atoms with Gasteiger partial charge in [-0.1, -0.05) is 0 Å². The average molecular weight is 127 g/mol. The van der Waals surface area contributed by atoms with Crippen molar-refractivity contribution in [3.8, 4) is 0 Å². The molecule has 7 heavy (non-hydrogen) atoms. The monoisotopic (exact) mass is 127 g/mol. The van der Waals surface area contributed by atoms with E-state index in [2.05, 4.69) is 4.62 Å². The number of hydrogen-bond acceptors (Lipinski definition) is 4. The van der Waals surface area contributed by atoms with Gasteiger partial charge in [0.25, 0.3) is 0 Å². The van der Waals surface area contributed by atoms with E-state index in [9.17, 15) is 4.57 Å². The van der Waals surface area contributed by atoms with Crippen LogP contribution in [0, 0.1) is 4.91 Å². The van der Waals surface area contributed by atoms with E-state index in [4.69, 9.17) is 14.7 Å². The lowest BCUT2D eigenvalue weighted by molar-refractivity contribution is 0.202. The van der Waals surface area contributed by atoms with E-state index in [-0.39, 0.29) is 0 Å². The van der Waals surface area contributed by atoms with Gasteiger partial charge in [0.2, 0.25) is 0 Å². The van der Waals surface area contributed by atoms with Gasteiger partial charge in [0.1, 0.15) is 0 Å². The first-order valence-electron chi connectivity index (χ1n) is 1.13. The third-order valence-corrected chi connectivity index (χ3v) is 0.419. The summed E-state index contributed by atoms with van der Waals surface area (Å²) in [6, 6.07) is 0. The van der Waals surface area contributed by atoms with Crippen molar-refractivity contribution < 1.29 is 19.0 Å². The molecule has 6 nitrogen and oxygen atoms in total. The second-order valence-corrected chi connectivity index (χ2v) is 1.79. The number of hydrogen-bond donors (Lipinski definition) is 2. The fourth-order valence-electron chi connectivity index (χ4n) is 0.0434. The predicted molar refractivity (Wildman–Crippen MR) is 18.9 cm³/mol. The summed E-state index contributed by atoms with van der Waals surface area (Å²) >= 11 is 0. The molecule has 0 unspecified atom stereocenters. The van der Waals surface area contributed by atoms with Crippen molar-refractivity contribution in [3.63, 3.8) is 0 Å². The molecule has 0 aliphatic carbocycles. The third-order valence-electron chi connectivity index (χ3n) is 0.140. The Morgan fingerprint density at radius 1 is 1.57 bits per heavy atom. The molecule has 0 atom stereocenters. The summed E-state index contributed by atoms with van der Waals surface area (Å²) in [5.41, 5.74) is 0. The number of phosphoric acid groups is 1. The molecule has 0 radical (unpaired) electrons. The summed E-state index contributed by atoms with van der Waals surface area (Å²) in [6.07, 6.45) is 0. The van der Waals surface area contributed by atoms with Gasteiger partial charge < -0.3 is 0 Å². The Hall–Kier alpha value is -0.450. The lowest BCUT2D eigenvalue weighted by Crippen LogP contribution is -1.75. The minimum absolute atomic E-state index is 1.49. The largest absolute Gasteiger partial charge is 0.547 e. The molecule has 0 bridgehead atoms. The standard InChI is InChI=1S/H2NO5P/c2-1-6-7(3,4)5/h(H2,3,4,5). The fraction of sp³-hybridized carbons (Fsp3) is 0. The van der Waals surface area contributed by atoms with Crippen molar-refractivity contribution in [3.05, 3.63) is 4.91 Å². The van der Waals surface area contributed by atoms with Gasteiger partial charge in [-0.2, -0.15) is 0 Å². The molecule has 2 N–H and O–H groups in total. The quantitative estimate of drug-likeness (QED) is 0.303. The van der Waals surface area contributed by atoms with E-state index < -0.39 is 7.82 Å². The molecule has 42 valence electrons. The Morgan fingerprint density at radius 3 is 2.00 bits per heavy atom. The van der Waals surface area contributed by atoms with Gasteiger partial charge in [0.05, 0.1) is 0 Å². The van der Waals surface area contributed by atoms with Crippen LogP contribution in [0.1, 0.15) is 0 Å². The molecule has 7 heteroatoms. The zero-order valence-corrected chi connectivity index (χ0v) is 3.91. The molecule has 0 aliphatic rings. The summed E-state index contributed by atoms with van der Waals surface area (Å²) in [7, 11) is -4.64. The Kier molecular flexibility index (Phi) is 1.89. The van der Waals surface area contributed by atoms with Gasteiger partial charge in [-0.25, -0.2) is 4.57 Å². The SMILES string of the molecule is O=NOP(=O)(O)O. The summed E-state index contributed by atoms with van der Waals surface area (Å²) in [4.78, 5) is 24.1. The van der Waals surface area contributed by atoms with Gasteiger partial charge in [0.15, 0.2) is 5.34 Å². The van der Waals surface area contributed by atoms with E-state index in [1.165, 1.54) is 5.34 Å². The zero-order chi connectivity index (χ0) is 5.91. The number of rotatable bonds is 2. The van der Waals surface area contributed by atoms with Gasteiger partial charge in [-0.05, 0) is 0 Å². The molecule has 0 aliphatic heterocycles.